The average Bonchev–Trinajstić information content (AvgIpc) is 2.50. The van der Waals surface area contributed by atoms with Crippen molar-refractivity contribution in [3.63, 3.8) is 0 Å². The summed E-state index contributed by atoms with van der Waals surface area (Å²) >= 11 is 6.57. The van der Waals surface area contributed by atoms with Crippen molar-refractivity contribution in [2.75, 3.05) is 20.2 Å². The summed E-state index contributed by atoms with van der Waals surface area (Å²) in [6.07, 6.45) is 3.72. The Morgan fingerprint density at radius 3 is 2.52 bits per heavy atom. The number of nitrogens with zero attached hydrogens (tertiary/aromatic N) is 2. The van der Waals surface area contributed by atoms with Crippen LogP contribution in [0.2, 0.25) is 5.02 Å². The summed E-state index contributed by atoms with van der Waals surface area (Å²) in [5, 5.41) is 1.63. The lowest BCUT2D eigenvalue weighted by Crippen LogP contribution is -2.24. The highest BCUT2D eigenvalue weighted by Gasteiger charge is 2.16. The fourth-order valence-corrected chi connectivity index (χ4v) is 2.59. The summed E-state index contributed by atoms with van der Waals surface area (Å²) in [4.78, 5) is 6.71. The predicted molar refractivity (Wildman–Crippen MR) is 89.0 cm³/mol. The van der Waals surface area contributed by atoms with Gasteiger partial charge in [-0.2, -0.15) is 0 Å². The molecule has 0 spiro atoms. The van der Waals surface area contributed by atoms with Crippen LogP contribution >= 0.6 is 11.6 Å². The van der Waals surface area contributed by atoms with Crippen LogP contribution in [0.5, 0.6) is 5.88 Å². The smallest absolute Gasteiger partial charge is 0.219 e. The molecule has 0 amide bonds. The molecule has 1 heterocycles. The molecule has 4 heteroatoms. The number of rotatable bonds is 7. The van der Waals surface area contributed by atoms with Gasteiger partial charge in [0.1, 0.15) is 0 Å². The van der Waals surface area contributed by atoms with E-state index in [1.54, 1.807) is 7.11 Å². The van der Waals surface area contributed by atoms with Crippen LogP contribution in [0.1, 0.15) is 5.56 Å². The lowest BCUT2D eigenvalue weighted by atomic mass is 10.1. The van der Waals surface area contributed by atoms with Crippen molar-refractivity contribution in [3.05, 3.63) is 60.2 Å². The van der Waals surface area contributed by atoms with Gasteiger partial charge in [0.15, 0.2) is 0 Å². The maximum Gasteiger partial charge on any atom is 0.219 e. The highest BCUT2D eigenvalue weighted by molar-refractivity contribution is 6.36. The number of aromatic nitrogens is 1. The minimum absolute atomic E-state index is 0.567. The Balaban J connectivity index is 2.47. The van der Waals surface area contributed by atoms with Crippen molar-refractivity contribution >= 4 is 22.5 Å². The highest BCUT2D eigenvalue weighted by atomic mass is 35.5. The molecule has 2 rings (SSSR count). The van der Waals surface area contributed by atoms with Gasteiger partial charge in [-0.15, -0.1) is 13.2 Å². The molecule has 1 aromatic heterocycles. The normalized spacial score (nSPS) is 10.8. The molecule has 0 saturated heterocycles. The summed E-state index contributed by atoms with van der Waals surface area (Å²) in [6.45, 7) is 9.70. The quantitative estimate of drug-likeness (QED) is 0.721. The van der Waals surface area contributed by atoms with Crippen molar-refractivity contribution < 1.29 is 4.74 Å². The summed E-state index contributed by atoms with van der Waals surface area (Å²) in [6, 6.07) is 7.79. The lowest BCUT2D eigenvalue weighted by Gasteiger charge is -2.21. The Bertz CT molecular complexity index is 645. The zero-order valence-electron chi connectivity index (χ0n) is 12.2. The van der Waals surface area contributed by atoms with E-state index < -0.39 is 0 Å². The second kappa shape index (κ2) is 7.25. The number of benzene rings is 1. The number of ether oxygens (including phenoxy) is 1. The predicted octanol–water partition coefficient (Wildman–Crippen LogP) is 4.07. The number of hydrogen-bond acceptors (Lipinski definition) is 3. The number of halogens is 1. The highest BCUT2D eigenvalue weighted by Crippen LogP contribution is 2.32. The van der Waals surface area contributed by atoms with E-state index in [1.165, 1.54) is 0 Å². The Morgan fingerprint density at radius 2 is 1.90 bits per heavy atom. The van der Waals surface area contributed by atoms with Crippen molar-refractivity contribution in [1.82, 2.24) is 9.88 Å². The molecular formula is C17H19ClN2O. The third-order valence-corrected chi connectivity index (χ3v) is 3.67. The number of para-hydroxylation sites is 1. The van der Waals surface area contributed by atoms with Gasteiger partial charge in [0.25, 0.3) is 0 Å². The molecular weight excluding hydrogens is 284 g/mol. The average molecular weight is 303 g/mol. The molecule has 2 aromatic rings. The van der Waals surface area contributed by atoms with Crippen LogP contribution < -0.4 is 4.74 Å². The van der Waals surface area contributed by atoms with Gasteiger partial charge in [0.2, 0.25) is 5.88 Å². The largest absolute Gasteiger partial charge is 0.481 e. The second-order valence-electron chi connectivity index (χ2n) is 4.70. The molecule has 3 nitrogen and oxygen atoms in total. The summed E-state index contributed by atoms with van der Waals surface area (Å²) < 4.78 is 5.42. The number of fused-ring (bicyclic) bond motifs is 1. The molecule has 0 fully saturated rings. The van der Waals surface area contributed by atoms with Gasteiger partial charge in [0.05, 0.1) is 17.6 Å². The molecule has 0 unspecified atom stereocenters. The summed E-state index contributed by atoms with van der Waals surface area (Å²) in [5.74, 6) is 0.567. The zero-order valence-corrected chi connectivity index (χ0v) is 12.9. The van der Waals surface area contributed by atoms with Crippen molar-refractivity contribution in [3.8, 4) is 5.88 Å². The minimum atomic E-state index is 0.567. The first-order chi connectivity index (χ1) is 10.2. The molecule has 0 radical (unpaired) electrons. The van der Waals surface area contributed by atoms with Gasteiger partial charge in [-0.25, -0.2) is 4.98 Å². The third kappa shape index (κ3) is 3.43. The molecule has 21 heavy (non-hydrogen) atoms. The molecule has 110 valence electrons. The van der Waals surface area contributed by atoms with E-state index in [1.807, 2.05) is 36.4 Å². The SMILES string of the molecule is C=CCN(CC=C)Cc1c(OC)nc2ccccc2c1Cl. The van der Waals surface area contributed by atoms with E-state index in [9.17, 15) is 0 Å². The van der Waals surface area contributed by atoms with E-state index in [2.05, 4.69) is 23.0 Å². The molecule has 0 bridgehead atoms. The van der Waals surface area contributed by atoms with E-state index >= 15 is 0 Å². The second-order valence-corrected chi connectivity index (χ2v) is 5.08. The van der Waals surface area contributed by atoms with Crippen LogP contribution in [-0.2, 0) is 6.54 Å². The molecule has 0 atom stereocenters. The van der Waals surface area contributed by atoms with Gasteiger partial charge in [-0.05, 0) is 6.07 Å². The van der Waals surface area contributed by atoms with Crippen LogP contribution in [0, 0.1) is 0 Å². The molecule has 0 aliphatic rings. The summed E-state index contributed by atoms with van der Waals surface area (Å²) in [7, 11) is 1.61. The van der Waals surface area contributed by atoms with Gasteiger partial charge in [-0.1, -0.05) is 42.0 Å². The zero-order chi connectivity index (χ0) is 15.2. The van der Waals surface area contributed by atoms with Crippen LogP contribution in [0.15, 0.2) is 49.6 Å². The first-order valence-corrected chi connectivity index (χ1v) is 7.14. The Morgan fingerprint density at radius 1 is 1.24 bits per heavy atom. The first-order valence-electron chi connectivity index (χ1n) is 6.76. The van der Waals surface area contributed by atoms with E-state index in [-0.39, 0.29) is 0 Å². The van der Waals surface area contributed by atoms with Crippen molar-refractivity contribution in [2.45, 2.75) is 6.54 Å². The standard InChI is InChI=1S/C17H19ClN2O/c1-4-10-20(11-5-2)12-14-16(18)13-8-6-7-9-15(13)19-17(14)21-3/h4-9H,1-2,10-12H2,3H3. The Kier molecular flexibility index (Phi) is 5.37. The van der Waals surface area contributed by atoms with Crippen LogP contribution in [0.25, 0.3) is 10.9 Å². The Hall–Kier alpha value is -1.84. The monoisotopic (exact) mass is 302 g/mol. The first kappa shape index (κ1) is 15.5. The van der Waals surface area contributed by atoms with E-state index in [4.69, 9.17) is 16.3 Å². The number of methoxy groups -OCH3 is 1. The summed E-state index contributed by atoms with van der Waals surface area (Å²) in [5.41, 5.74) is 1.73. The topological polar surface area (TPSA) is 25.4 Å². The molecule has 1 aromatic carbocycles. The van der Waals surface area contributed by atoms with Gasteiger partial charge < -0.3 is 4.74 Å². The van der Waals surface area contributed by atoms with Gasteiger partial charge in [0, 0.05) is 30.6 Å². The Labute approximate surface area is 130 Å². The molecule has 0 aliphatic carbocycles. The molecule has 0 saturated carbocycles. The number of pyridine rings is 1. The fraction of sp³-hybridized carbons (Fsp3) is 0.235. The molecule has 0 N–H and O–H groups in total. The van der Waals surface area contributed by atoms with Crippen LogP contribution in [0.4, 0.5) is 0 Å². The molecule has 0 aliphatic heterocycles. The van der Waals surface area contributed by atoms with Crippen LogP contribution in [0.3, 0.4) is 0 Å². The minimum Gasteiger partial charge on any atom is -0.481 e. The van der Waals surface area contributed by atoms with Crippen LogP contribution in [-0.4, -0.2) is 30.1 Å². The lowest BCUT2D eigenvalue weighted by molar-refractivity contribution is 0.315. The van der Waals surface area contributed by atoms with Crippen molar-refractivity contribution in [2.24, 2.45) is 0 Å². The fourth-order valence-electron chi connectivity index (χ4n) is 2.29. The number of hydrogen-bond donors (Lipinski definition) is 0. The van der Waals surface area contributed by atoms with Gasteiger partial charge >= 0.3 is 0 Å². The van der Waals surface area contributed by atoms with Crippen molar-refractivity contribution in [1.29, 1.82) is 0 Å². The van der Waals surface area contributed by atoms with E-state index in [0.717, 1.165) is 29.6 Å². The van der Waals surface area contributed by atoms with Gasteiger partial charge in [-0.3, -0.25) is 4.90 Å². The van der Waals surface area contributed by atoms with E-state index in [0.29, 0.717) is 17.4 Å². The third-order valence-electron chi connectivity index (χ3n) is 3.24. The maximum absolute atomic E-state index is 6.57. The maximum atomic E-state index is 6.57.